The number of anilines is 1. The van der Waals surface area contributed by atoms with E-state index in [9.17, 15) is 0 Å². The van der Waals surface area contributed by atoms with E-state index in [0.29, 0.717) is 12.5 Å². The van der Waals surface area contributed by atoms with Crippen LogP contribution >= 0.6 is 0 Å². The van der Waals surface area contributed by atoms with Crippen molar-refractivity contribution in [3.8, 4) is 5.75 Å². The lowest BCUT2D eigenvalue weighted by Gasteiger charge is -2.19. The molecule has 0 bridgehead atoms. The van der Waals surface area contributed by atoms with Crippen LogP contribution in [0.5, 0.6) is 5.75 Å². The summed E-state index contributed by atoms with van der Waals surface area (Å²) in [4.78, 5) is 4.26. The molecule has 0 aliphatic heterocycles. The average molecular weight is 264 g/mol. The van der Waals surface area contributed by atoms with Gasteiger partial charge in [0.25, 0.3) is 0 Å². The second-order valence-corrected chi connectivity index (χ2v) is 5.30. The van der Waals surface area contributed by atoms with Gasteiger partial charge in [0.05, 0.1) is 13.7 Å². The van der Waals surface area contributed by atoms with Crippen LogP contribution in [0.15, 0.2) is 29.3 Å². The Bertz CT molecular complexity index is 424. The Morgan fingerprint density at radius 3 is 2.74 bits per heavy atom. The third-order valence-corrected chi connectivity index (χ3v) is 2.39. The quantitative estimate of drug-likeness (QED) is 0.431. The Hall–Kier alpha value is -1.75. The van der Waals surface area contributed by atoms with Crippen LogP contribution in [0.1, 0.15) is 20.8 Å². The number of hydrogen-bond donors (Lipinski definition) is 3. The summed E-state index contributed by atoms with van der Waals surface area (Å²) in [5.74, 6) is 1.19. The summed E-state index contributed by atoms with van der Waals surface area (Å²) in [6.45, 7) is 7.79. The molecule has 0 aromatic heterocycles. The topological polar surface area (TPSA) is 71.7 Å². The van der Waals surface area contributed by atoms with E-state index in [1.54, 1.807) is 7.11 Å². The monoisotopic (exact) mass is 264 g/mol. The number of methoxy groups -OCH3 is 1. The van der Waals surface area contributed by atoms with Gasteiger partial charge in [-0.3, -0.25) is 4.99 Å². The summed E-state index contributed by atoms with van der Waals surface area (Å²) in [5, 5.41) is 6.38. The second-order valence-electron chi connectivity index (χ2n) is 5.30. The van der Waals surface area contributed by atoms with Gasteiger partial charge in [-0.15, -0.1) is 0 Å². The first-order valence-corrected chi connectivity index (χ1v) is 6.37. The number of aliphatic imine (C=N–C) groups is 1. The van der Waals surface area contributed by atoms with Gasteiger partial charge in [0, 0.05) is 23.8 Å². The van der Waals surface area contributed by atoms with Gasteiger partial charge in [-0.1, -0.05) is 6.07 Å². The molecule has 0 spiro atoms. The number of nitrogens with zero attached hydrogens (tertiary/aromatic N) is 1. The molecule has 0 atom stereocenters. The largest absolute Gasteiger partial charge is 0.497 e. The SMILES string of the molecule is COc1cccc(NC(N)=NCCNC(C)(C)C)c1. The maximum Gasteiger partial charge on any atom is 0.193 e. The van der Waals surface area contributed by atoms with Crippen LogP contribution < -0.4 is 21.1 Å². The molecule has 0 saturated heterocycles. The van der Waals surface area contributed by atoms with E-state index >= 15 is 0 Å². The third-order valence-electron chi connectivity index (χ3n) is 2.39. The lowest BCUT2D eigenvalue weighted by atomic mass is 10.1. The van der Waals surface area contributed by atoms with Gasteiger partial charge >= 0.3 is 0 Å². The van der Waals surface area contributed by atoms with Crippen molar-refractivity contribution in [3.63, 3.8) is 0 Å². The summed E-state index contributed by atoms with van der Waals surface area (Å²) >= 11 is 0. The minimum absolute atomic E-state index is 0.102. The zero-order valence-corrected chi connectivity index (χ0v) is 12.2. The van der Waals surface area contributed by atoms with Gasteiger partial charge in [-0.05, 0) is 32.9 Å². The fourth-order valence-electron chi connectivity index (χ4n) is 1.50. The highest BCUT2D eigenvalue weighted by molar-refractivity contribution is 5.92. The molecule has 106 valence electrons. The molecule has 0 radical (unpaired) electrons. The summed E-state index contributed by atoms with van der Waals surface area (Å²) in [7, 11) is 1.63. The summed E-state index contributed by atoms with van der Waals surface area (Å²) in [6, 6.07) is 7.56. The van der Waals surface area contributed by atoms with Crippen molar-refractivity contribution in [2.24, 2.45) is 10.7 Å². The molecule has 1 aromatic rings. The fraction of sp³-hybridized carbons (Fsp3) is 0.500. The Balaban J connectivity index is 2.43. The standard InChI is InChI=1S/C14H24N4O/c1-14(2,3)17-9-8-16-13(15)18-11-6-5-7-12(10-11)19-4/h5-7,10,17H,8-9H2,1-4H3,(H3,15,16,18). The highest BCUT2D eigenvalue weighted by Gasteiger charge is 2.06. The average Bonchev–Trinajstić information content (AvgIpc) is 2.34. The zero-order chi connectivity index (χ0) is 14.3. The Morgan fingerprint density at radius 2 is 2.11 bits per heavy atom. The highest BCUT2D eigenvalue weighted by atomic mass is 16.5. The van der Waals surface area contributed by atoms with E-state index in [0.717, 1.165) is 18.0 Å². The molecule has 0 aliphatic rings. The van der Waals surface area contributed by atoms with Crippen molar-refractivity contribution in [1.29, 1.82) is 0 Å². The van der Waals surface area contributed by atoms with Gasteiger partial charge in [0.1, 0.15) is 5.75 Å². The molecule has 5 nitrogen and oxygen atoms in total. The third kappa shape index (κ3) is 6.67. The first kappa shape index (κ1) is 15.3. The van der Waals surface area contributed by atoms with Crippen LogP contribution in [-0.4, -0.2) is 31.7 Å². The summed E-state index contributed by atoms with van der Waals surface area (Å²) in [6.07, 6.45) is 0. The zero-order valence-electron chi connectivity index (χ0n) is 12.2. The number of nitrogens with one attached hydrogen (secondary N) is 2. The minimum Gasteiger partial charge on any atom is -0.497 e. The van der Waals surface area contributed by atoms with Gasteiger partial charge in [-0.25, -0.2) is 0 Å². The van der Waals surface area contributed by atoms with Crippen LogP contribution in [-0.2, 0) is 0 Å². The van der Waals surface area contributed by atoms with Crippen LogP contribution in [0.4, 0.5) is 5.69 Å². The normalized spacial score (nSPS) is 12.3. The second kappa shape index (κ2) is 6.99. The van der Waals surface area contributed by atoms with Gasteiger partial charge in [0.15, 0.2) is 5.96 Å². The Kier molecular flexibility index (Phi) is 5.63. The van der Waals surface area contributed by atoms with Crippen molar-refractivity contribution in [2.45, 2.75) is 26.3 Å². The van der Waals surface area contributed by atoms with Gasteiger partial charge < -0.3 is 21.1 Å². The first-order chi connectivity index (χ1) is 8.90. The molecule has 0 saturated carbocycles. The number of rotatable bonds is 5. The summed E-state index contributed by atoms with van der Waals surface area (Å²) in [5.41, 5.74) is 6.78. The fourth-order valence-corrected chi connectivity index (χ4v) is 1.50. The molecule has 19 heavy (non-hydrogen) atoms. The molecule has 4 N–H and O–H groups in total. The number of benzene rings is 1. The molecule has 0 aliphatic carbocycles. The molecule has 0 fully saturated rings. The van der Waals surface area contributed by atoms with Gasteiger partial charge in [0.2, 0.25) is 0 Å². The Morgan fingerprint density at radius 1 is 1.37 bits per heavy atom. The van der Waals surface area contributed by atoms with Crippen molar-refractivity contribution >= 4 is 11.6 Å². The first-order valence-electron chi connectivity index (χ1n) is 6.37. The number of ether oxygens (including phenoxy) is 1. The number of nitrogens with two attached hydrogens (primary N) is 1. The maximum atomic E-state index is 5.82. The van der Waals surface area contributed by atoms with Crippen molar-refractivity contribution in [3.05, 3.63) is 24.3 Å². The van der Waals surface area contributed by atoms with Crippen molar-refractivity contribution in [1.82, 2.24) is 5.32 Å². The predicted octanol–water partition coefficient (Wildman–Crippen LogP) is 1.81. The van der Waals surface area contributed by atoms with E-state index in [-0.39, 0.29) is 5.54 Å². The van der Waals surface area contributed by atoms with E-state index < -0.39 is 0 Å². The van der Waals surface area contributed by atoms with Gasteiger partial charge in [-0.2, -0.15) is 0 Å². The minimum atomic E-state index is 0.102. The van der Waals surface area contributed by atoms with Crippen LogP contribution in [0, 0.1) is 0 Å². The van der Waals surface area contributed by atoms with Crippen LogP contribution in [0.2, 0.25) is 0 Å². The molecule has 1 rings (SSSR count). The molecular weight excluding hydrogens is 240 g/mol. The predicted molar refractivity (Wildman–Crippen MR) is 80.9 cm³/mol. The molecule has 0 unspecified atom stereocenters. The molecule has 1 aromatic carbocycles. The molecule has 0 amide bonds. The van der Waals surface area contributed by atoms with Crippen LogP contribution in [0.3, 0.4) is 0 Å². The van der Waals surface area contributed by atoms with E-state index in [1.165, 1.54) is 0 Å². The molecule has 5 heteroatoms. The number of guanidine groups is 1. The molecular formula is C14H24N4O. The molecule has 0 heterocycles. The van der Waals surface area contributed by atoms with E-state index in [1.807, 2.05) is 24.3 Å². The van der Waals surface area contributed by atoms with Crippen molar-refractivity contribution in [2.75, 3.05) is 25.5 Å². The Labute approximate surface area is 115 Å². The van der Waals surface area contributed by atoms with E-state index in [4.69, 9.17) is 10.5 Å². The van der Waals surface area contributed by atoms with Crippen molar-refractivity contribution < 1.29 is 4.74 Å². The lowest BCUT2D eigenvalue weighted by Crippen LogP contribution is -2.37. The maximum absolute atomic E-state index is 5.82. The summed E-state index contributed by atoms with van der Waals surface area (Å²) < 4.78 is 5.14. The smallest absolute Gasteiger partial charge is 0.193 e. The van der Waals surface area contributed by atoms with Crippen LogP contribution in [0.25, 0.3) is 0 Å². The number of hydrogen-bond acceptors (Lipinski definition) is 3. The van der Waals surface area contributed by atoms with E-state index in [2.05, 4.69) is 36.4 Å². The lowest BCUT2D eigenvalue weighted by molar-refractivity contribution is 0.415. The highest BCUT2D eigenvalue weighted by Crippen LogP contribution is 2.16.